The molecule has 0 saturated carbocycles. The zero-order valence-electron chi connectivity index (χ0n) is 13.8. The quantitative estimate of drug-likeness (QED) is 0.741. The van der Waals surface area contributed by atoms with Gasteiger partial charge in [0, 0.05) is 18.0 Å². The molecule has 1 aliphatic heterocycles. The van der Waals surface area contributed by atoms with Gasteiger partial charge in [-0.3, -0.25) is 4.90 Å². The van der Waals surface area contributed by atoms with Crippen molar-refractivity contribution in [2.24, 2.45) is 0 Å². The summed E-state index contributed by atoms with van der Waals surface area (Å²) in [4.78, 5) is 25.0. The highest BCUT2D eigenvalue weighted by Gasteiger charge is 2.21. The van der Waals surface area contributed by atoms with Crippen LogP contribution in [0.15, 0.2) is 24.3 Å². The number of aromatic nitrogens is 2. The average Bonchev–Trinajstić information content (AvgIpc) is 3.23. The van der Waals surface area contributed by atoms with Crippen molar-refractivity contribution in [3.63, 3.8) is 0 Å². The summed E-state index contributed by atoms with van der Waals surface area (Å²) in [5, 5.41) is 0. The van der Waals surface area contributed by atoms with Crippen LogP contribution in [0.3, 0.4) is 0 Å². The predicted octanol–water partition coefficient (Wildman–Crippen LogP) is 3.46. The summed E-state index contributed by atoms with van der Waals surface area (Å²) in [5.74, 6) is 0.464. The number of nitrogens with zero attached hydrogens (tertiary/aromatic N) is 2. The fourth-order valence-electron chi connectivity index (χ4n) is 3.20. The first-order valence-electron chi connectivity index (χ1n) is 8.11. The molecule has 1 N–H and O–H groups in total. The lowest BCUT2D eigenvalue weighted by atomic mass is 10.1. The summed E-state index contributed by atoms with van der Waals surface area (Å²) in [5.41, 5.74) is 3.42. The van der Waals surface area contributed by atoms with Crippen molar-refractivity contribution in [1.29, 1.82) is 0 Å². The van der Waals surface area contributed by atoms with Crippen LogP contribution in [0, 0.1) is 0 Å². The number of carbonyl (C=O) groups excluding carboxylic acids is 1. The molecule has 6 heteroatoms. The summed E-state index contributed by atoms with van der Waals surface area (Å²) in [6, 6.07) is 7.76. The molecule has 124 valence electrons. The monoisotopic (exact) mass is 341 g/mol. The number of thiophene rings is 1. The number of likely N-dealkylation sites (N-methyl/N-ethyl adjacent to an activating group) is 1. The van der Waals surface area contributed by atoms with E-state index in [1.54, 1.807) is 17.4 Å². The van der Waals surface area contributed by atoms with Gasteiger partial charge in [-0.05, 0) is 36.7 Å². The lowest BCUT2D eigenvalue weighted by molar-refractivity contribution is 0.0603. The lowest BCUT2D eigenvalue weighted by Gasteiger charge is -2.24. The number of imidazole rings is 1. The van der Waals surface area contributed by atoms with Gasteiger partial charge in [0.25, 0.3) is 0 Å². The topological polar surface area (TPSA) is 58.2 Å². The standard InChI is InChI=1S/C18H19N3O2S/c1-3-21-8-7-14-11(10-21)9-15(24-14)17-19-13-6-4-5-12(16(13)20-17)18(22)23-2/h4-6,9H,3,7-8,10H2,1-2H3,(H,19,20). The van der Waals surface area contributed by atoms with Gasteiger partial charge < -0.3 is 9.72 Å². The molecule has 0 radical (unpaired) electrons. The van der Waals surface area contributed by atoms with E-state index in [4.69, 9.17) is 4.74 Å². The van der Waals surface area contributed by atoms with Crippen LogP contribution in [0.5, 0.6) is 0 Å². The second kappa shape index (κ2) is 6.03. The second-order valence-corrected chi connectivity index (χ2v) is 7.09. The molecule has 0 fully saturated rings. The molecule has 0 atom stereocenters. The third kappa shape index (κ3) is 2.52. The van der Waals surface area contributed by atoms with E-state index in [9.17, 15) is 4.79 Å². The first-order chi connectivity index (χ1) is 11.7. The van der Waals surface area contributed by atoms with Crippen LogP contribution in [0.25, 0.3) is 21.7 Å². The molecule has 0 saturated heterocycles. The van der Waals surface area contributed by atoms with Crippen LogP contribution < -0.4 is 0 Å². The summed E-state index contributed by atoms with van der Waals surface area (Å²) >= 11 is 1.80. The number of aromatic amines is 1. The normalized spacial score (nSPS) is 14.8. The largest absolute Gasteiger partial charge is 0.465 e. The summed E-state index contributed by atoms with van der Waals surface area (Å²) in [6.45, 7) is 5.41. The van der Waals surface area contributed by atoms with Gasteiger partial charge in [-0.1, -0.05) is 13.0 Å². The maximum absolute atomic E-state index is 11.9. The number of para-hydroxylation sites is 1. The molecule has 0 spiro atoms. The Bertz CT molecular complexity index is 912. The average molecular weight is 341 g/mol. The molecule has 3 aromatic rings. The van der Waals surface area contributed by atoms with Crippen molar-refractivity contribution < 1.29 is 9.53 Å². The van der Waals surface area contributed by atoms with Crippen LogP contribution in [0.4, 0.5) is 0 Å². The molecule has 0 unspecified atom stereocenters. The van der Waals surface area contributed by atoms with Crippen molar-refractivity contribution in [1.82, 2.24) is 14.9 Å². The Balaban J connectivity index is 1.75. The highest BCUT2D eigenvalue weighted by atomic mass is 32.1. The molecule has 1 aromatic carbocycles. The minimum Gasteiger partial charge on any atom is -0.465 e. The number of rotatable bonds is 3. The Labute approximate surface area is 144 Å². The zero-order chi connectivity index (χ0) is 16.7. The van der Waals surface area contributed by atoms with Crippen LogP contribution in [-0.2, 0) is 17.7 Å². The number of hydrogen-bond acceptors (Lipinski definition) is 5. The molecule has 0 amide bonds. The Hall–Kier alpha value is -2.18. The van der Waals surface area contributed by atoms with Crippen LogP contribution >= 0.6 is 11.3 Å². The zero-order valence-corrected chi connectivity index (χ0v) is 14.6. The van der Waals surface area contributed by atoms with Crippen molar-refractivity contribution in [2.75, 3.05) is 20.2 Å². The highest BCUT2D eigenvalue weighted by Crippen LogP contribution is 2.34. The molecule has 4 rings (SSSR count). The fourth-order valence-corrected chi connectivity index (χ4v) is 4.31. The van der Waals surface area contributed by atoms with E-state index in [0.717, 1.165) is 42.3 Å². The van der Waals surface area contributed by atoms with Crippen molar-refractivity contribution in [3.05, 3.63) is 40.3 Å². The van der Waals surface area contributed by atoms with E-state index in [1.807, 2.05) is 12.1 Å². The number of fused-ring (bicyclic) bond motifs is 2. The van der Waals surface area contributed by atoms with Gasteiger partial charge in [0.05, 0.1) is 23.1 Å². The number of methoxy groups -OCH3 is 1. The Morgan fingerprint density at radius 1 is 1.46 bits per heavy atom. The Morgan fingerprint density at radius 2 is 2.33 bits per heavy atom. The van der Waals surface area contributed by atoms with Gasteiger partial charge >= 0.3 is 5.97 Å². The van der Waals surface area contributed by atoms with Gasteiger partial charge in [-0.15, -0.1) is 11.3 Å². The highest BCUT2D eigenvalue weighted by molar-refractivity contribution is 7.15. The molecule has 1 aliphatic rings. The van der Waals surface area contributed by atoms with Crippen molar-refractivity contribution in [2.45, 2.75) is 19.9 Å². The number of benzene rings is 1. The molecular weight excluding hydrogens is 322 g/mol. The number of esters is 1. The molecule has 5 nitrogen and oxygen atoms in total. The first-order valence-corrected chi connectivity index (χ1v) is 8.92. The second-order valence-electron chi connectivity index (χ2n) is 5.96. The maximum Gasteiger partial charge on any atom is 0.340 e. The third-order valence-corrected chi connectivity index (χ3v) is 5.79. The maximum atomic E-state index is 11.9. The van der Waals surface area contributed by atoms with E-state index in [-0.39, 0.29) is 5.97 Å². The summed E-state index contributed by atoms with van der Waals surface area (Å²) in [7, 11) is 1.39. The molecule has 24 heavy (non-hydrogen) atoms. The number of H-pyrrole nitrogens is 1. The van der Waals surface area contributed by atoms with E-state index in [0.29, 0.717) is 11.1 Å². The number of carbonyl (C=O) groups is 1. The first kappa shape index (κ1) is 15.4. The summed E-state index contributed by atoms with van der Waals surface area (Å²) in [6.07, 6.45) is 1.10. The van der Waals surface area contributed by atoms with Gasteiger partial charge in [-0.2, -0.15) is 0 Å². The van der Waals surface area contributed by atoms with Gasteiger partial charge in [0.15, 0.2) is 0 Å². The molecule has 3 heterocycles. The number of hydrogen-bond donors (Lipinski definition) is 1. The fraction of sp³-hybridized carbons (Fsp3) is 0.333. The van der Waals surface area contributed by atoms with Crippen molar-refractivity contribution in [3.8, 4) is 10.7 Å². The van der Waals surface area contributed by atoms with Crippen molar-refractivity contribution >= 4 is 28.3 Å². The third-order valence-electron chi connectivity index (χ3n) is 4.54. The Morgan fingerprint density at radius 3 is 3.12 bits per heavy atom. The van der Waals surface area contributed by atoms with E-state index in [2.05, 4.69) is 27.9 Å². The van der Waals surface area contributed by atoms with E-state index < -0.39 is 0 Å². The van der Waals surface area contributed by atoms with Gasteiger partial charge in [0.1, 0.15) is 11.3 Å². The molecule has 0 bridgehead atoms. The van der Waals surface area contributed by atoms with Crippen LogP contribution in [0.2, 0.25) is 0 Å². The van der Waals surface area contributed by atoms with Gasteiger partial charge in [0.2, 0.25) is 0 Å². The lowest BCUT2D eigenvalue weighted by Crippen LogP contribution is -2.29. The Kier molecular flexibility index (Phi) is 3.86. The van der Waals surface area contributed by atoms with E-state index >= 15 is 0 Å². The SMILES string of the molecule is CCN1CCc2sc(-c3nc4c(C(=O)OC)cccc4[nH]3)cc2C1. The molecule has 2 aromatic heterocycles. The van der Waals surface area contributed by atoms with Gasteiger partial charge in [-0.25, -0.2) is 9.78 Å². The van der Waals surface area contributed by atoms with E-state index in [1.165, 1.54) is 17.6 Å². The van der Waals surface area contributed by atoms with Crippen LogP contribution in [-0.4, -0.2) is 41.0 Å². The number of nitrogens with one attached hydrogen (secondary N) is 1. The van der Waals surface area contributed by atoms with Crippen LogP contribution in [0.1, 0.15) is 27.7 Å². The molecule has 0 aliphatic carbocycles. The summed E-state index contributed by atoms with van der Waals surface area (Å²) < 4.78 is 4.85. The smallest absolute Gasteiger partial charge is 0.340 e. The number of ether oxygens (including phenoxy) is 1. The molecular formula is C18H19N3O2S. The minimum atomic E-state index is -0.359. The predicted molar refractivity (Wildman–Crippen MR) is 95.4 cm³/mol. The minimum absolute atomic E-state index is 0.359.